The molecule has 3 aromatic heterocycles. The molecule has 3 heterocycles. The second-order valence-corrected chi connectivity index (χ2v) is 4.47. The second kappa shape index (κ2) is 3.73. The second-order valence-electron chi connectivity index (χ2n) is 3.53. The van der Waals surface area contributed by atoms with E-state index in [1.807, 2.05) is 46.4 Å². The molecule has 16 heavy (non-hydrogen) atoms. The number of thiophene rings is 1. The van der Waals surface area contributed by atoms with Crippen LogP contribution in [0.1, 0.15) is 5.56 Å². The Kier molecular flexibility index (Phi) is 2.23. The molecule has 0 amide bonds. The van der Waals surface area contributed by atoms with Crippen LogP contribution in [0.25, 0.3) is 16.2 Å². The summed E-state index contributed by atoms with van der Waals surface area (Å²) in [6, 6.07) is 7.86. The van der Waals surface area contributed by atoms with E-state index >= 15 is 0 Å². The summed E-state index contributed by atoms with van der Waals surface area (Å²) in [6.45, 7) is 0.0191. The molecule has 0 unspecified atom stereocenters. The fraction of sp³-hybridized carbons (Fsp3) is 0.0833. The minimum absolute atomic E-state index is 0.0191. The van der Waals surface area contributed by atoms with Gasteiger partial charge in [0.1, 0.15) is 5.65 Å². The first kappa shape index (κ1) is 9.57. The average Bonchev–Trinajstić information content (AvgIpc) is 2.96. The number of aromatic nitrogens is 2. The van der Waals surface area contributed by atoms with Crippen molar-refractivity contribution < 1.29 is 5.11 Å². The van der Waals surface area contributed by atoms with Crippen LogP contribution >= 0.6 is 11.3 Å². The SMILES string of the molecule is OCc1cccn2cc(-c3cccs3)nc12. The summed E-state index contributed by atoms with van der Waals surface area (Å²) < 4.78 is 1.95. The first-order valence-corrected chi connectivity index (χ1v) is 5.88. The molecule has 3 rings (SSSR count). The zero-order valence-electron chi connectivity index (χ0n) is 8.50. The monoisotopic (exact) mass is 230 g/mol. The van der Waals surface area contributed by atoms with E-state index in [4.69, 9.17) is 0 Å². The Bertz CT molecular complexity index is 613. The molecule has 0 bridgehead atoms. The molecule has 0 spiro atoms. The van der Waals surface area contributed by atoms with E-state index in [0.717, 1.165) is 21.8 Å². The van der Waals surface area contributed by atoms with Gasteiger partial charge in [0.05, 0.1) is 17.2 Å². The van der Waals surface area contributed by atoms with Crippen molar-refractivity contribution in [2.45, 2.75) is 6.61 Å². The first-order chi connectivity index (χ1) is 7.88. The minimum atomic E-state index is 0.0191. The van der Waals surface area contributed by atoms with Gasteiger partial charge in [-0.2, -0.15) is 0 Å². The van der Waals surface area contributed by atoms with Gasteiger partial charge in [0.2, 0.25) is 0 Å². The maximum Gasteiger partial charge on any atom is 0.143 e. The standard InChI is InChI=1S/C12H10N2OS/c15-8-9-3-1-5-14-7-10(13-12(9)14)11-4-2-6-16-11/h1-7,15H,8H2. The molecule has 0 aliphatic rings. The number of imidazole rings is 1. The van der Waals surface area contributed by atoms with E-state index in [1.54, 1.807) is 11.3 Å². The van der Waals surface area contributed by atoms with Crippen molar-refractivity contribution in [2.75, 3.05) is 0 Å². The van der Waals surface area contributed by atoms with Crippen LogP contribution in [-0.2, 0) is 6.61 Å². The van der Waals surface area contributed by atoms with E-state index in [0.29, 0.717) is 0 Å². The normalized spacial score (nSPS) is 11.1. The van der Waals surface area contributed by atoms with Crippen molar-refractivity contribution in [1.82, 2.24) is 9.38 Å². The molecule has 0 saturated heterocycles. The Balaban J connectivity index is 2.23. The summed E-state index contributed by atoms with van der Waals surface area (Å²) >= 11 is 1.67. The summed E-state index contributed by atoms with van der Waals surface area (Å²) in [5.74, 6) is 0. The third-order valence-corrected chi connectivity index (χ3v) is 3.40. The molecule has 4 heteroatoms. The lowest BCUT2D eigenvalue weighted by Crippen LogP contribution is -1.90. The van der Waals surface area contributed by atoms with Gasteiger partial charge < -0.3 is 9.51 Å². The fourth-order valence-electron chi connectivity index (χ4n) is 1.74. The third kappa shape index (κ3) is 1.43. The molecule has 0 atom stereocenters. The van der Waals surface area contributed by atoms with E-state index in [1.165, 1.54) is 0 Å². The van der Waals surface area contributed by atoms with Crippen molar-refractivity contribution in [3.8, 4) is 10.6 Å². The van der Waals surface area contributed by atoms with E-state index in [-0.39, 0.29) is 6.61 Å². The number of hydrogen-bond acceptors (Lipinski definition) is 3. The van der Waals surface area contributed by atoms with Gasteiger partial charge in [0, 0.05) is 18.0 Å². The van der Waals surface area contributed by atoms with Gasteiger partial charge in [-0.1, -0.05) is 12.1 Å². The molecular weight excluding hydrogens is 220 g/mol. The van der Waals surface area contributed by atoms with Crippen molar-refractivity contribution >= 4 is 17.0 Å². The van der Waals surface area contributed by atoms with Gasteiger partial charge >= 0.3 is 0 Å². The largest absolute Gasteiger partial charge is 0.392 e. The molecule has 1 N–H and O–H groups in total. The lowest BCUT2D eigenvalue weighted by molar-refractivity contribution is 0.282. The van der Waals surface area contributed by atoms with E-state index in [9.17, 15) is 5.11 Å². The maximum atomic E-state index is 9.22. The van der Waals surface area contributed by atoms with Crippen LogP contribution in [0.3, 0.4) is 0 Å². The van der Waals surface area contributed by atoms with Crippen LogP contribution in [0, 0.1) is 0 Å². The number of fused-ring (bicyclic) bond motifs is 1. The number of rotatable bonds is 2. The smallest absolute Gasteiger partial charge is 0.143 e. The van der Waals surface area contributed by atoms with Crippen LogP contribution in [0.5, 0.6) is 0 Å². The predicted molar refractivity (Wildman–Crippen MR) is 64.4 cm³/mol. The highest BCUT2D eigenvalue weighted by Gasteiger charge is 2.07. The zero-order chi connectivity index (χ0) is 11.0. The minimum Gasteiger partial charge on any atom is -0.392 e. The summed E-state index contributed by atoms with van der Waals surface area (Å²) in [5.41, 5.74) is 2.63. The van der Waals surface area contributed by atoms with Crippen LogP contribution in [0.2, 0.25) is 0 Å². The molecule has 3 nitrogen and oxygen atoms in total. The molecule has 0 radical (unpaired) electrons. The molecule has 0 saturated carbocycles. The summed E-state index contributed by atoms with van der Waals surface area (Å²) in [4.78, 5) is 5.69. The van der Waals surface area contributed by atoms with Gasteiger partial charge in [0.15, 0.2) is 0 Å². The average molecular weight is 230 g/mol. The van der Waals surface area contributed by atoms with Crippen LogP contribution in [-0.4, -0.2) is 14.5 Å². The molecule has 80 valence electrons. The number of aliphatic hydroxyl groups excluding tert-OH is 1. The molecule has 0 aliphatic heterocycles. The number of nitrogens with zero attached hydrogens (tertiary/aromatic N) is 2. The van der Waals surface area contributed by atoms with Crippen molar-refractivity contribution in [3.05, 3.63) is 47.6 Å². The Labute approximate surface area is 96.6 Å². The summed E-state index contributed by atoms with van der Waals surface area (Å²) in [6.07, 6.45) is 3.93. The Morgan fingerprint density at radius 1 is 1.31 bits per heavy atom. The van der Waals surface area contributed by atoms with Crippen LogP contribution < -0.4 is 0 Å². The van der Waals surface area contributed by atoms with Crippen LogP contribution in [0.4, 0.5) is 0 Å². The zero-order valence-corrected chi connectivity index (χ0v) is 9.31. The lowest BCUT2D eigenvalue weighted by Gasteiger charge is -1.97. The molecule has 3 aromatic rings. The molecule has 0 aromatic carbocycles. The highest BCUT2D eigenvalue weighted by molar-refractivity contribution is 7.13. The van der Waals surface area contributed by atoms with E-state index in [2.05, 4.69) is 4.98 Å². The van der Waals surface area contributed by atoms with Gasteiger partial charge in [0.25, 0.3) is 0 Å². The number of aliphatic hydroxyl groups is 1. The van der Waals surface area contributed by atoms with Gasteiger partial charge in [-0.25, -0.2) is 4.98 Å². The highest BCUT2D eigenvalue weighted by Crippen LogP contribution is 2.24. The van der Waals surface area contributed by atoms with Gasteiger partial charge in [-0.05, 0) is 17.5 Å². The topological polar surface area (TPSA) is 37.5 Å². The summed E-state index contributed by atoms with van der Waals surface area (Å²) in [5, 5.41) is 11.3. The fourth-order valence-corrected chi connectivity index (χ4v) is 2.42. The van der Waals surface area contributed by atoms with Gasteiger partial charge in [-0.15, -0.1) is 11.3 Å². The lowest BCUT2D eigenvalue weighted by atomic mass is 10.3. The molecule has 0 aliphatic carbocycles. The predicted octanol–water partition coefficient (Wildman–Crippen LogP) is 2.56. The first-order valence-electron chi connectivity index (χ1n) is 5.00. The quantitative estimate of drug-likeness (QED) is 0.734. The van der Waals surface area contributed by atoms with E-state index < -0.39 is 0 Å². The number of pyridine rings is 1. The van der Waals surface area contributed by atoms with Crippen molar-refractivity contribution in [1.29, 1.82) is 0 Å². The third-order valence-electron chi connectivity index (χ3n) is 2.51. The van der Waals surface area contributed by atoms with Crippen molar-refractivity contribution in [2.24, 2.45) is 0 Å². The van der Waals surface area contributed by atoms with Crippen LogP contribution in [0.15, 0.2) is 42.0 Å². The molecule has 0 fully saturated rings. The Morgan fingerprint density at radius 2 is 2.25 bits per heavy atom. The molecular formula is C12H10N2OS. The Hall–Kier alpha value is -1.65. The van der Waals surface area contributed by atoms with Crippen molar-refractivity contribution in [3.63, 3.8) is 0 Å². The summed E-state index contributed by atoms with van der Waals surface area (Å²) in [7, 11) is 0. The number of hydrogen-bond donors (Lipinski definition) is 1. The maximum absolute atomic E-state index is 9.22. The Morgan fingerprint density at radius 3 is 3.00 bits per heavy atom. The van der Waals surface area contributed by atoms with Gasteiger partial charge in [-0.3, -0.25) is 0 Å². The highest BCUT2D eigenvalue weighted by atomic mass is 32.1.